The summed E-state index contributed by atoms with van der Waals surface area (Å²) in [5, 5.41) is 5.88. The Hall–Kier alpha value is -3.19. The van der Waals surface area contributed by atoms with Gasteiger partial charge in [0, 0.05) is 33.1 Å². The van der Waals surface area contributed by atoms with Gasteiger partial charge in [-0.25, -0.2) is 0 Å². The van der Waals surface area contributed by atoms with Crippen molar-refractivity contribution in [2.45, 2.75) is 26.3 Å². The minimum absolute atomic E-state index is 0.0657. The van der Waals surface area contributed by atoms with E-state index < -0.39 is 0 Å². The summed E-state index contributed by atoms with van der Waals surface area (Å²) >= 11 is 0. The number of nitrogens with one attached hydrogen (secondary N) is 2. The van der Waals surface area contributed by atoms with Crippen molar-refractivity contribution in [3.63, 3.8) is 0 Å². The van der Waals surface area contributed by atoms with Crippen molar-refractivity contribution in [3.05, 3.63) is 65.7 Å². The lowest BCUT2D eigenvalue weighted by Crippen LogP contribution is -2.37. The molecule has 0 unspecified atom stereocenters. The smallest absolute Gasteiger partial charge is 0.253 e. The zero-order valence-corrected chi connectivity index (χ0v) is 18.1. The van der Waals surface area contributed by atoms with E-state index in [9.17, 15) is 14.4 Å². The number of benzene rings is 2. The van der Waals surface area contributed by atoms with Crippen LogP contribution in [0.2, 0.25) is 0 Å². The van der Waals surface area contributed by atoms with E-state index in [1.54, 1.807) is 31.2 Å². The van der Waals surface area contributed by atoms with Crippen molar-refractivity contribution in [1.82, 2.24) is 15.1 Å². The fourth-order valence-electron chi connectivity index (χ4n) is 3.73. The topological polar surface area (TPSA) is 81.8 Å². The highest BCUT2D eigenvalue weighted by Gasteiger charge is 2.20. The standard InChI is InChI=1S/C24H30N4O3/c1-18(20-9-4-3-5-10-20)25-24(31)21-11-6-7-12-22(21)26-23(30)17-27-13-8-14-28(16-15-27)19(2)29/h3-7,9-12,18H,8,13-17H2,1-2H3,(H,25,31)(H,26,30)/t18-/m1/s1. The molecule has 7 nitrogen and oxygen atoms in total. The van der Waals surface area contributed by atoms with Crippen molar-refractivity contribution >= 4 is 23.4 Å². The molecule has 0 bridgehead atoms. The maximum atomic E-state index is 12.9. The zero-order chi connectivity index (χ0) is 22.2. The van der Waals surface area contributed by atoms with Gasteiger partial charge in [-0.3, -0.25) is 19.3 Å². The molecular formula is C24H30N4O3. The summed E-state index contributed by atoms with van der Waals surface area (Å²) in [4.78, 5) is 40.9. The highest BCUT2D eigenvalue weighted by Crippen LogP contribution is 2.18. The SMILES string of the molecule is CC(=O)N1CCCN(CC(=O)Nc2ccccc2C(=O)N[C@H](C)c2ccccc2)CC1. The summed E-state index contributed by atoms with van der Waals surface area (Å²) in [5.74, 6) is -0.345. The number of amides is 3. The van der Waals surface area contributed by atoms with E-state index in [0.717, 1.165) is 25.1 Å². The fourth-order valence-corrected chi connectivity index (χ4v) is 3.73. The highest BCUT2D eigenvalue weighted by molar-refractivity contribution is 6.04. The number of para-hydroxylation sites is 1. The van der Waals surface area contributed by atoms with Gasteiger partial charge in [-0.15, -0.1) is 0 Å². The van der Waals surface area contributed by atoms with E-state index in [1.807, 2.05) is 47.1 Å². The van der Waals surface area contributed by atoms with Crippen molar-refractivity contribution in [1.29, 1.82) is 0 Å². The van der Waals surface area contributed by atoms with Gasteiger partial charge in [-0.1, -0.05) is 42.5 Å². The van der Waals surface area contributed by atoms with Crippen LogP contribution in [-0.2, 0) is 9.59 Å². The first-order valence-corrected chi connectivity index (χ1v) is 10.7. The van der Waals surface area contributed by atoms with Gasteiger partial charge in [-0.05, 0) is 31.0 Å². The molecule has 3 amide bonds. The summed E-state index contributed by atoms with van der Waals surface area (Å²) in [6.07, 6.45) is 0.837. The molecule has 0 aliphatic carbocycles. The van der Waals surface area contributed by atoms with Gasteiger partial charge in [0.25, 0.3) is 5.91 Å². The predicted octanol–water partition coefficient (Wildman–Crippen LogP) is 2.67. The molecule has 31 heavy (non-hydrogen) atoms. The molecule has 1 fully saturated rings. The average molecular weight is 423 g/mol. The Morgan fingerprint density at radius 3 is 2.39 bits per heavy atom. The molecule has 1 atom stereocenters. The number of carbonyl (C=O) groups excluding carboxylic acids is 3. The van der Waals surface area contributed by atoms with Gasteiger partial charge >= 0.3 is 0 Å². The summed E-state index contributed by atoms with van der Waals surface area (Å²) in [7, 11) is 0. The van der Waals surface area contributed by atoms with Crippen LogP contribution in [0.25, 0.3) is 0 Å². The number of anilines is 1. The predicted molar refractivity (Wildman–Crippen MR) is 121 cm³/mol. The largest absolute Gasteiger partial charge is 0.345 e. The van der Waals surface area contributed by atoms with Crippen LogP contribution < -0.4 is 10.6 Å². The minimum Gasteiger partial charge on any atom is -0.345 e. The summed E-state index contributed by atoms with van der Waals surface area (Å²) in [6, 6.07) is 16.6. The van der Waals surface area contributed by atoms with E-state index in [0.29, 0.717) is 24.3 Å². The van der Waals surface area contributed by atoms with Crippen molar-refractivity contribution in [2.75, 3.05) is 38.0 Å². The molecule has 1 saturated heterocycles. The number of hydrogen-bond donors (Lipinski definition) is 2. The first-order valence-electron chi connectivity index (χ1n) is 10.7. The zero-order valence-electron chi connectivity index (χ0n) is 18.1. The molecule has 3 rings (SSSR count). The normalized spacial score (nSPS) is 15.6. The second-order valence-corrected chi connectivity index (χ2v) is 7.84. The molecule has 2 aromatic rings. The Morgan fingerprint density at radius 2 is 1.65 bits per heavy atom. The van der Waals surface area contributed by atoms with Gasteiger partial charge in [0.15, 0.2) is 0 Å². The molecular weight excluding hydrogens is 392 g/mol. The first-order chi connectivity index (χ1) is 14.9. The molecule has 2 aromatic carbocycles. The third kappa shape index (κ3) is 6.39. The Morgan fingerprint density at radius 1 is 0.935 bits per heavy atom. The Labute approximate surface area is 183 Å². The van der Waals surface area contributed by atoms with Crippen LogP contribution in [0, 0.1) is 0 Å². The fraction of sp³-hybridized carbons (Fsp3) is 0.375. The lowest BCUT2D eigenvalue weighted by atomic mass is 10.1. The van der Waals surface area contributed by atoms with E-state index in [1.165, 1.54) is 0 Å². The lowest BCUT2D eigenvalue weighted by molar-refractivity contribution is -0.128. The second kappa shape index (κ2) is 10.7. The van der Waals surface area contributed by atoms with Crippen molar-refractivity contribution < 1.29 is 14.4 Å². The van der Waals surface area contributed by atoms with E-state index in [-0.39, 0.29) is 30.3 Å². The van der Waals surface area contributed by atoms with E-state index in [2.05, 4.69) is 10.6 Å². The van der Waals surface area contributed by atoms with Gasteiger partial charge in [0.05, 0.1) is 23.8 Å². The van der Waals surface area contributed by atoms with Crippen LogP contribution in [0.1, 0.15) is 42.2 Å². The lowest BCUT2D eigenvalue weighted by Gasteiger charge is -2.21. The van der Waals surface area contributed by atoms with Crippen LogP contribution in [0.15, 0.2) is 54.6 Å². The molecule has 0 aromatic heterocycles. The van der Waals surface area contributed by atoms with Crippen LogP contribution in [0.4, 0.5) is 5.69 Å². The Kier molecular flexibility index (Phi) is 7.78. The number of carbonyl (C=O) groups is 3. The summed E-state index contributed by atoms with van der Waals surface area (Å²) in [5.41, 5.74) is 1.93. The molecule has 164 valence electrons. The third-order valence-electron chi connectivity index (χ3n) is 5.49. The van der Waals surface area contributed by atoms with Gasteiger partial charge in [-0.2, -0.15) is 0 Å². The molecule has 1 aliphatic heterocycles. The van der Waals surface area contributed by atoms with Gasteiger partial charge in [0.1, 0.15) is 0 Å². The molecule has 1 aliphatic rings. The molecule has 1 heterocycles. The maximum Gasteiger partial charge on any atom is 0.253 e. The van der Waals surface area contributed by atoms with Crippen LogP contribution >= 0.6 is 0 Å². The number of rotatable bonds is 6. The average Bonchev–Trinajstić information content (AvgIpc) is 3.00. The molecule has 0 saturated carbocycles. The van der Waals surface area contributed by atoms with E-state index in [4.69, 9.17) is 0 Å². The van der Waals surface area contributed by atoms with Crippen molar-refractivity contribution in [2.24, 2.45) is 0 Å². The van der Waals surface area contributed by atoms with E-state index >= 15 is 0 Å². The van der Waals surface area contributed by atoms with Crippen LogP contribution in [-0.4, -0.2) is 60.2 Å². The summed E-state index contributed by atoms with van der Waals surface area (Å²) in [6.45, 7) is 6.48. The van der Waals surface area contributed by atoms with Crippen LogP contribution in [0.3, 0.4) is 0 Å². The molecule has 0 spiro atoms. The number of nitrogens with zero attached hydrogens (tertiary/aromatic N) is 2. The molecule has 7 heteroatoms. The van der Waals surface area contributed by atoms with Gasteiger partial charge in [0.2, 0.25) is 11.8 Å². The Balaban J connectivity index is 1.60. The molecule has 2 N–H and O–H groups in total. The second-order valence-electron chi connectivity index (χ2n) is 7.84. The van der Waals surface area contributed by atoms with Crippen molar-refractivity contribution in [3.8, 4) is 0 Å². The quantitative estimate of drug-likeness (QED) is 0.750. The Bertz CT molecular complexity index is 916. The monoisotopic (exact) mass is 422 g/mol. The third-order valence-corrected chi connectivity index (χ3v) is 5.49. The maximum absolute atomic E-state index is 12.9. The minimum atomic E-state index is -0.237. The first kappa shape index (κ1) is 22.5. The number of hydrogen-bond acceptors (Lipinski definition) is 4. The summed E-state index contributed by atoms with van der Waals surface area (Å²) < 4.78 is 0. The van der Waals surface area contributed by atoms with Crippen LogP contribution in [0.5, 0.6) is 0 Å². The highest BCUT2D eigenvalue weighted by atomic mass is 16.2. The molecule has 0 radical (unpaired) electrons. The van der Waals surface area contributed by atoms with Gasteiger partial charge < -0.3 is 15.5 Å².